The predicted octanol–water partition coefficient (Wildman–Crippen LogP) is 1.68. The fourth-order valence-electron chi connectivity index (χ4n) is 1.53. The molecule has 1 rings (SSSR count). The van der Waals surface area contributed by atoms with Gasteiger partial charge in [-0.25, -0.2) is 4.79 Å². The van der Waals surface area contributed by atoms with Gasteiger partial charge in [-0.05, 0) is 19.4 Å². The first kappa shape index (κ1) is 21.3. The molecule has 1 aromatic rings. The van der Waals surface area contributed by atoms with Gasteiger partial charge in [0.2, 0.25) is 0 Å². The Kier molecular flexibility index (Phi) is 9.35. The lowest BCUT2D eigenvalue weighted by molar-refractivity contribution is -0.137. The van der Waals surface area contributed by atoms with Crippen molar-refractivity contribution in [2.24, 2.45) is 0 Å². The Hall–Kier alpha value is -1.74. The van der Waals surface area contributed by atoms with Crippen molar-refractivity contribution >= 4 is 16.4 Å². The van der Waals surface area contributed by atoms with Crippen molar-refractivity contribution in [2.45, 2.75) is 19.4 Å². The summed E-state index contributed by atoms with van der Waals surface area (Å²) >= 11 is 0. The molecule has 130 valence electrons. The average Bonchev–Trinajstić information content (AvgIpc) is 2.52. The number of hydrogen-bond acceptors (Lipinski definition) is 6. The van der Waals surface area contributed by atoms with Gasteiger partial charge in [0.15, 0.2) is 0 Å². The number of carbonyl (C=O) groups excluding carboxylic acids is 1. The minimum absolute atomic E-state index is 0.137. The Bertz CT molecular complexity index is 583. The fourth-order valence-corrected chi connectivity index (χ4v) is 1.53. The van der Waals surface area contributed by atoms with E-state index < -0.39 is 10.4 Å². The number of hydrogen-bond donors (Lipinski definition) is 2. The van der Waals surface area contributed by atoms with Crippen molar-refractivity contribution in [1.82, 2.24) is 5.32 Å². The molecule has 0 radical (unpaired) electrons. The minimum atomic E-state index is -4.16. The molecule has 0 fully saturated rings. The van der Waals surface area contributed by atoms with Crippen LogP contribution in [-0.2, 0) is 29.7 Å². The lowest BCUT2D eigenvalue weighted by Crippen LogP contribution is -2.38. The van der Waals surface area contributed by atoms with Gasteiger partial charge in [0.1, 0.15) is 6.61 Å². The van der Waals surface area contributed by atoms with Crippen LogP contribution in [-0.4, -0.2) is 39.2 Å². The monoisotopic (exact) mass is 345 g/mol. The minimum Gasteiger partial charge on any atom is -0.461 e. The topological polar surface area (TPSA) is 102 Å². The summed E-state index contributed by atoms with van der Waals surface area (Å²) in [5.74, 6) is -0.385. The van der Waals surface area contributed by atoms with Crippen LogP contribution in [0.5, 0.6) is 0 Å². The maximum atomic E-state index is 10.8. The van der Waals surface area contributed by atoms with Gasteiger partial charge in [-0.2, -0.15) is 8.42 Å². The van der Waals surface area contributed by atoms with E-state index in [-0.39, 0.29) is 11.5 Å². The highest BCUT2D eigenvalue weighted by Crippen LogP contribution is 2.18. The highest BCUT2D eigenvalue weighted by Gasteiger charge is 2.18. The molecule has 1 aromatic carbocycles. The smallest absolute Gasteiger partial charge is 0.397 e. The lowest BCUT2D eigenvalue weighted by Gasteiger charge is -2.26. The second kappa shape index (κ2) is 10.1. The molecule has 0 aliphatic heterocycles. The molecule has 0 unspecified atom stereocenters. The molecule has 0 saturated heterocycles. The first-order valence-electron chi connectivity index (χ1n) is 6.75. The summed E-state index contributed by atoms with van der Waals surface area (Å²) < 4.78 is 34.6. The first-order chi connectivity index (χ1) is 10.6. The molecular weight excluding hydrogens is 322 g/mol. The molecule has 0 aliphatic rings. The number of carbonyl (C=O) groups is 1. The van der Waals surface area contributed by atoms with E-state index in [1.165, 1.54) is 11.6 Å². The zero-order valence-electron chi connectivity index (χ0n) is 13.5. The largest absolute Gasteiger partial charge is 0.461 e. The van der Waals surface area contributed by atoms with E-state index in [2.05, 4.69) is 42.1 Å². The summed E-state index contributed by atoms with van der Waals surface area (Å²) in [4.78, 5) is 10.8. The van der Waals surface area contributed by atoms with E-state index in [1.807, 2.05) is 18.2 Å². The molecule has 2 N–H and O–H groups in total. The molecule has 0 aromatic heterocycles. The summed E-state index contributed by atoms with van der Waals surface area (Å²) in [5.41, 5.74) is 1.07. The van der Waals surface area contributed by atoms with Crippen molar-refractivity contribution in [3.05, 3.63) is 48.6 Å². The molecule has 0 aliphatic carbocycles. The van der Waals surface area contributed by atoms with Gasteiger partial charge in [-0.1, -0.05) is 36.9 Å². The summed E-state index contributed by atoms with van der Waals surface area (Å²) in [7, 11) is -3.29. The maximum absolute atomic E-state index is 10.8. The van der Waals surface area contributed by atoms with Crippen LogP contribution >= 0.6 is 0 Å². The second-order valence-electron chi connectivity index (χ2n) is 4.88. The van der Waals surface area contributed by atoms with Gasteiger partial charge in [-0.3, -0.25) is 8.74 Å². The molecule has 0 bridgehead atoms. The van der Waals surface area contributed by atoms with E-state index in [1.54, 1.807) is 0 Å². The Morgan fingerprint density at radius 3 is 2.30 bits per heavy atom. The standard InChI is InChI=1S/C14H19NO2.CH4O4S/c1-4-13(16)17-11-10-15-14(2,3)12-8-6-5-7-9-12;1-5-6(2,3)4/h4-9,15H,1,10-11H2,2-3H3;1H3,(H,2,3,4). The van der Waals surface area contributed by atoms with Crippen LogP contribution < -0.4 is 5.32 Å². The number of benzene rings is 1. The van der Waals surface area contributed by atoms with Crippen LogP contribution in [0.15, 0.2) is 43.0 Å². The quantitative estimate of drug-likeness (QED) is 0.335. The number of rotatable bonds is 7. The molecule has 0 spiro atoms. The maximum Gasteiger partial charge on any atom is 0.397 e. The van der Waals surface area contributed by atoms with E-state index in [4.69, 9.17) is 9.29 Å². The highest BCUT2D eigenvalue weighted by atomic mass is 32.3. The third-order valence-corrected chi connectivity index (χ3v) is 3.21. The molecule has 8 heteroatoms. The van der Waals surface area contributed by atoms with Gasteiger partial charge >= 0.3 is 16.4 Å². The average molecular weight is 345 g/mol. The zero-order chi connectivity index (χ0) is 17.9. The van der Waals surface area contributed by atoms with Crippen molar-refractivity contribution in [1.29, 1.82) is 0 Å². The predicted molar refractivity (Wildman–Crippen MR) is 87.2 cm³/mol. The molecule has 0 heterocycles. The van der Waals surface area contributed by atoms with Gasteiger partial charge in [-0.15, -0.1) is 0 Å². The molecule has 0 atom stereocenters. The lowest BCUT2D eigenvalue weighted by atomic mass is 9.94. The highest BCUT2D eigenvalue weighted by molar-refractivity contribution is 7.80. The van der Waals surface area contributed by atoms with Crippen LogP contribution in [0.1, 0.15) is 19.4 Å². The third kappa shape index (κ3) is 10.6. The Labute approximate surface area is 137 Å². The van der Waals surface area contributed by atoms with Crippen molar-refractivity contribution in [3.63, 3.8) is 0 Å². The van der Waals surface area contributed by atoms with Crippen LogP contribution in [0.2, 0.25) is 0 Å². The van der Waals surface area contributed by atoms with Crippen LogP contribution in [0.4, 0.5) is 0 Å². The summed E-state index contributed by atoms with van der Waals surface area (Å²) in [6.07, 6.45) is 1.17. The number of nitrogens with one attached hydrogen (secondary N) is 1. The Balaban J connectivity index is 0.000000688. The van der Waals surface area contributed by atoms with E-state index in [0.29, 0.717) is 13.2 Å². The van der Waals surface area contributed by atoms with Crippen molar-refractivity contribution in [2.75, 3.05) is 20.3 Å². The SMILES string of the molecule is C=CC(=O)OCCNC(C)(C)c1ccccc1.COS(=O)(=O)O. The molecular formula is C15H23NO6S. The van der Waals surface area contributed by atoms with Gasteiger partial charge in [0, 0.05) is 18.2 Å². The van der Waals surface area contributed by atoms with E-state index in [0.717, 1.165) is 7.11 Å². The summed E-state index contributed by atoms with van der Waals surface area (Å²) in [5, 5.41) is 3.34. The zero-order valence-corrected chi connectivity index (χ0v) is 14.3. The molecule has 7 nitrogen and oxygen atoms in total. The fraction of sp³-hybridized carbons (Fsp3) is 0.400. The van der Waals surface area contributed by atoms with Crippen LogP contribution in [0.3, 0.4) is 0 Å². The Morgan fingerprint density at radius 1 is 1.35 bits per heavy atom. The van der Waals surface area contributed by atoms with Crippen molar-refractivity contribution in [3.8, 4) is 0 Å². The Morgan fingerprint density at radius 2 is 1.87 bits per heavy atom. The van der Waals surface area contributed by atoms with Crippen LogP contribution in [0, 0.1) is 0 Å². The van der Waals surface area contributed by atoms with Gasteiger partial charge in [0.05, 0.1) is 7.11 Å². The van der Waals surface area contributed by atoms with Crippen molar-refractivity contribution < 1.29 is 26.7 Å². The van der Waals surface area contributed by atoms with Gasteiger partial charge in [0.25, 0.3) is 0 Å². The first-order valence-corrected chi connectivity index (χ1v) is 8.11. The van der Waals surface area contributed by atoms with Gasteiger partial charge < -0.3 is 10.1 Å². The van der Waals surface area contributed by atoms with E-state index >= 15 is 0 Å². The summed E-state index contributed by atoms with van der Waals surface area (Å²) in [6.45, 7) is 8.49. The number of ether oxygens (including phenoxy) is 1. The third-order valence-electron chi connectivity index (χ3n) is 2.79. The summed E-state index contributed by atoms with van der Waals surface area (Å²) in [6, 6.07) is 10.2. The second-order valence-corrected chi connectivity index (χ2v) is 6.07. The normalized spacial score (nSPS) is 11.1. The molecule has 0 saturated carbocycles. The van der Waals surface area contributed by atoms with E-state index in [9.17, 15) is 13.2 Å². The molecule has 23 heavy (non-hydrogen) atoms. The number of esters is 1. The molecule has 0 amide bonds. The van der Waals surface area contributed by atoms with Crippen LogP contribution in [0.25, 0.3) is 0 Å².